The minimum atomic E-state index is -0.547. The van der Waals surface area contributed by atoms with Gasteiger partial charge in [0, 0.05) is 24.3 Å². The molecular weight excluding hydrogens is 473 g/mol. The Morgan fingerprint density at radius 3 is 2.22 bits per heavy atom. The molecule has 7 nitrogen and oxygen atoms in total. The zero-order valence-corrected chi connectivity index (χ0v) is 20.2. The highest BCUT2D eigenvalue weighted by atomic mass is 19.1. The molecule has 0 aliphatic carbocycles. The number of anilines is 2. The summed E-state index contributed by atoms with van der Waals surface area (Å²) in [5.74, 6) is 0.991. The zero-order valence-electron chi connectivity index (χ0n) is 20.2. The summed E-state index contributed by atoms with van der Waals surface area (Å²) in [5, 5.41) is 5.41. The lowest BCUT2D eigenvalue weighted by molar-refractivity contribution is 0.0954. The number of urea groups is 1. The van der Waals surface area contributed by atoms with Gasteiger partial charge in [0.25, 0.3) is 5.91 Å². The second kappa shape index (κ2) is 12.2. The molecule has 0 unspecified atom stereocenters. The summed E-state index contributed by atoms with van der Waals surface area (Å²) in [5.41, 5.74) is 1.04. The third kappa shape index (κ3) is 6.85. The molecule has 0 saturated heterocycles. The first kappa shape index (κ1) is 25.2. The van der Waals surface area contributed by atoms with Crippen LogP contribution in [-0.2, 0) is 0 Å². The molecule has 4 rings (SSSR count). The van der Waals surface area contributed by atoms with Gasteiger partial charge in [-0.25, -0.2) is 9.18 Å². The number of hydrogen-bond acceptors (Lipinski definition) is 4. The summed E-state index contributed by atoms with van der Waals surface area (Å²) in [7, 11) is 1.53. The number of carbonyl (C=O) groups is 2. The molecule has 0 atom stereocenters. The van der Waals surface area contributed by atoms with Crippen molar-refractivity contribution >= 4 is 23.3 Å². The van der Waals surface area contributed by atoms with Gasteiger partial charge in [-0.05, 0) is 66.7 Å². The maximum absolute atomic E-state index is 14.2. The van der Waals surface area contributed by atoms with Crippen LogP contribution in [0.2, 0.25) is 0 Å². The van der Waals surface area contributed by atoms with E-state index >= 15 is 0 Å². The van der Waals surface area contributed by atoms with Crippen molar-refractivity contribution in [1.29, 1.82) is 0 Å². The Bertz CT molecular complexity index is 1350. The van der Waals surface area contributed by atoms with Gasteiger partial charge in [0.05, 0.1) is 12.8 Å². The van der Waals surface area contributed by atoms with Gasteiger partial charge >= 0.3 is 6.03 Å². The molecule has 0 spiro atoms. The van der Waals surface area contributed by atoms with E-state index in [1.807, 2.05) is 30.3 Å². The number of nitrogens with one attached hydrogen (secondary N) is 2. The van der Waals surface area contributed by atoms with Gasteiger partial charge in [-0.3, -0.25) is 9.69 Å². The highest BCUT2D eigenvalue weighted by Gasteiger charge is 2.18. The average molecular weight is 500 g/mol. The number of nitrogens with zero attached hydrogens (tertiary/aromatic N) is 1. The van der Waals surface area contributed by atoms with Crippen LogP contribution in [0, 0.1) is 5.82 Å². The SMILES string of the molecule is COc1cccc(C(=O)NCCN(C(=O)Nc2ccccc2F)c2ccc(Oc3ccccc3)cc2)c1. The molecule has 4 aromatic rings. The molecule has 37 heavy (non-hydrogen) atoms. The fourth-order valence-electron chi connectivity index (χ4n) is 3.56. The standard InChI is InChI=1S/C29H26FN3O4/c1-36-25-11-7-8-21(20-25)28(34)31-18-19-33(29(35)32-27-13-6-5-12-26(27)30)22-14-16-24(17-15-22)37-23-9-3-2-4-10-23/h2-17,20H,18-19H2,1H3,(H,31,34)(H,32,35). The van der Waals surface area contributed by atoms with Crippen LogP contribution >= 0.6 is 0 Å². The van der Waals surface area contributed by atoms with Crippen LogP contribution in [0.1, 0.15) is 10.4 Å². The number of hydrogen-bond donors (Lipinski definition) is 2. The smallest absolute Gasteiger partial charge is 0.326 e. The summed E-state index contributed by atoms with van der Waals surface area (Å²) in [6.07, 6.45) is 0. The molecule has 0 saturated carbocycles. The van der Waals surface area contributed by atoms with E-state index in [2.05, 4.69) is 10.6 Å². The topological polar surface area (TPSA) is 79.9 Å². The number of para-hydroxylation sites is 2. The van der Waals surface area contributed by atoms with Gasteiger partial charge in [0.15, 0.2) is 0 Å². The first-order chi connectivity index (χ1) is 18.0. The van der Waals surface area contributed by atoms with Crippen molar-refractivity contribution in [1.82, 2.24) is 5.32 Å². The molecule has 8 heteroatoms. The summed E-state index contributed by atoms with van der Waals surface area (Å²) in [6, 6.07) is 28.4. The lowest BCUT2D eigenvalue weighted by atomic mass is 10.2. The molecular formula is C29H26FN3O4. The van der Waals surface area contributed by atoms with Crippen molar-refractivity contribution in [2.45, 2.75) is 0 Å². The Morgan fingerprint density at radius 2 is 1.49 bits per heavy atom. The van der Waals surface area contributed by atoms with Gasteiger partial charge < -0.3 is 20.1 Å². The fraction of sp³-hybridized carbons (Fsp3) is 0.103. The predicted molar refractivity (Wildman–Crippen MR) is 141 cm³/mol. The molecule has 0 radical (unpaired) electrons. The number of benzene rings is 4. The molecule has 188 valence electrons. The minimum Gasteiger partial charge on any atom is -0.497 e. The van der Waals surface area contributed by atoms with Gasteiger partial charge in [-0.1, -0.05) is 36.4 Å². The Balaban J connectivity index is 1.48. The van der Waals surface area contributed by atoms with Gasteiger partial charge in [-0.2, -0.15) is 0 Å². The number of ether oxygens (including phenoxy) is 2. The summed E-state index contributed by atoms with van der Waals surface area (Å²) < 4.78 is 25.2. The number of methoxy groups -OCH3 is 1. The van der Waals surface area contributed by atoms with E-state index in [1.54, 1.807) is 60.7 Å². The van der Waals surface area contributed by atoms with E-state index < -0.39 is 11.8 Å². The molecule has 0 fully saturated rings. The Hall–Kier alpha value is -4.85. The van der Waals surface area contributed by atoms with Gasteiger partial charge in [0.1, 0.15) is 23.1 Å². The molecule has 0 aliphatic heterocycles. The minimum absolute atomic E-state index is 0.0574. The Kier molecular flexibility index (Phi) is 8.33. The van der Waals surface area contributed by atoms with E-state index in [4.69, 9.17) is 9.47 Å². The largest absolute Gasteiger partial charge is 0.497 e. The van der Waals surface area contributed by atoms with Crippen LogP contribution in [0.15, 0.2) is 103 Å². The van der Waals surface area contributed by atoms with Crippen LogP contribution < -0.4 is 25.0 Å². The first-order valence-electron chi connectivity index (χ1n) is 11.6. The Labute approximate surface area is 214 Å². The van der Waals surface area contributed by atoms with E-state index in [0.29, 0.717) is 28.5 Å². The highest BCUT2D eigenvalue weighted by molar-refractivity contribution is 6.02. The molecule has 4 aromatic carbocycles. The van der Waals surface area contributed by atoms with Crippen molar-refractivity contribution in [2.24, 2.45) is 0 Å². The predicted octanol–water partition coefficient (Wildman–Crippen LogP) is 6.10. The van der Waals surface area contributed by atoms with E-state index in [0.717, 1.165) is 0 Å². The van der Waals surface area contributed by atoms with Crippen LogP contribution in [0.5, 0.6) is 17.2 Å². The molecule has 3 amide bonds. The normalized spacial score (nSPS) is 10.3. The van der Waals surface area contributed by atoms with Crippen molar-refractivity contribution in [3.8, 4) is 17.2 Å². The second-order valence-electron chi connectivity index (χ2n) is 7.96. The molecule has 0 aliphatic rings. The average Bonchev–Trinajstić information content (AvgIpc) is 2.93. The van der Waals surface area contributed by atoms with Gasteiger partial charge in [0.2, 0.25) is 0 Å². The lowest BCUT2D eigenvalue weighted by Crippen LogP contribution is -2.41. The molecule has 0 aromatic heterocycles. The monoisotopic (exact) mass is 499 g/mol. The molecule has 2 N–H and O–H groups in total. The quantitative estimate of drug-likeness (QED) is 0.292. The van der Waals surface area contributed by atoms with Crippen LogP contribution in [0.3, 0.4) is 0 Å². The highest BCUT2D eigenvalue weighted by Crippen LogP contribution is 2.25. The van der Waals surface area contributed by atoms with Gasteiger partial charge in [-0.15, -0.1) is 0 Å². The van der Waals surface area contributed by atoms with Crippen molar-refractivity contribution in [2.75, 3.05) is 30.4 Å². The van der Waals surface area contributed by atoms with E-state index in [9.17, 15) is 14.0 Å². The van der Waals surface area contributed by atoms with Crippen LogP contribution in [0.4, 0.5) is 20.6 Å². The molecule has 0 bridgehead atoms. The van der Waals surface area contributed by atoms with Crippen molar-refractivity contribution in [3.63, 3.8) is 0 Å². The number of carbonyl (C=O) groups excluding carboxylic acids is 2. The Morgan fingerprint density at radius 1 is 0.811 bits per heavy atom. The third-order valence-electron chi connectivity index (χ3n) is 5.44. The fourth-order valence-corrected chi connectivity index (χ4v) is 3.56. The number of amides is 3. The maximum atomic E-state index is 14.2. The zero-order chi connectivity index (χ0) is 26.0. The lowest BCUT2D eigenvalue weighted by Gasteiger charge is -2.24. The van der Waals surface area contributed by atoms with Crippen molar-refractivity contribution in [3.05, 3.63) is 115 Å². The maximum Gasteiger partial charge on any atom is 0.326 e. The van der Waals surface area contributed by atoms with Crippen LogP contribution in [-0.4, -0.2) is 32.1 Å². The summed E-state index contributed by atoms with van der Waals surface area (Å²) in [6.45, 7) is 0.290. The van der Waals surface area contributed by atoms with E-state index in [1.165, 1.54) is 24.1 Å². The summed E-state index contributed by atoms with van der Waals surface area (Å²) in [4.78, 5) is 27.2. The van der Waals surface area contributed by atoms with Crippen LogP contribution in [0.25, 0.3) is 0 Å². The first-order valence-corrected chi connectivity index (χ1v) is 11.6. The van der Waals surface area contributed by atoms with Crippen molar-refractivity contribution < 1.29 is 23.5 Å². The number of halogens is 1. The third-order valence-corrected chi connectivity index (χ3v) is 5.44. The summed E-state index contributed by atoms with van der Waals surface area (Å²) >= 11 is 0. The molecule has 0 heterocycles. The van der Waals surface area contributed by atoms with E-state index in [-0.39, 0.29) is 24.7 Å². The number of rotatable bonds is 9. The second-order valence-corrected chi connectivity index (χ2v) is 7.96.